The number of rotatable bonds is 11. The van der Waals surface area contributed by atoms with Crippen LogP contribution in [0.5, 0.6) is 11.5 Å². The second kappa shape index (κ2) is 12.9. The smallest absolute Gasteiger partial charge is 0.394 e. The Labute approximate surface area is 204 Å². The lowest BCUT2D eigenvalue weighted by molar-refractivity contribution is -0.158. The van der Waals surface area contributed by atoms with Crippen LogP contribution in [0.2, 0.25) is 0 Å². The van der Waals surface area contributed by atoms with Gasteiger partial charge < -0.3 is 25.3 Å². The number of alkyl halides is 2. The number of benzene rings is 1. The number of ether oxygens (including phenoxy) is 2. The molecule has 0 radical (unpaired) electrons. The number of nitrogens with zero attached hydrogens (tertiary/aromatic N) is 1. The summed E-state index contributed by atoms with van der Waals surface area (Å²) < 4.78 is 36.4. The van der Waals surface area contributed by atoms with Crippen molar-refractivity contribution in [1.82, 2.24) is 4.98 Å². The summed E-state index contributed by atoms with van der Waals surface area (Å²) in [7, 11) is 0. The molecule has 35 heavy (non-hydrogen) atoms. The Morgan fingerprint density at radius 2 is 1.94 bits per heavy atom. The van der Waals surface area contributed by atoms with Crippen LogP contribution in [-0.2, 0) is 4.79 Å². The standard InChI is InChI=1S/C20H23F2N3O3.C6H10O/c1-3-16(23)18-17(27-15-10-13(26)11-15)8-9-24-19(18)25-12-4-6-14(7-5-12)28-20(2,21)22;1-3-5-6(7)4-2/h4-9,13,15,23,26H,3,10-11H2,1-2H3,(H,24,25);4H,2-3,5H2,1H3. The van der Waals surface area contributed by atoms with Gasteiger partial charge >= 0.3 is 6.11 Å². The van der Waals surface area contributed by atoms with Crippen molar-refractivity contribution in [3.63, 3.8) is 0 Å². The van der Waals surface area contributed by atoms with Crippen molar-refractivity contribution in [2.24, 2.45) is 0 Å². The Balaban J connectivity index is 0.000000540. The van der Waals surface area contributed by atoms with Crippen LogP contribution in [0, 0.1) is 5.41 Å². The summed E-state index contributed by atoms with van der Waals surface area (Å²) in [6.07, 6.45) is 2.45. The van der Waals surface area contributed by atoms with E-state index in [9.17, 15) is 18.7 Å². The number of aliphatic hydroxyl groups excluding tert-OH is 1. The minimum Gasteiger partial charge on any atom is -0.489 e. The van der Waals surface area contributed by atoms with Crippen LogP contribution in [0.1, 0.15) is 58.4 Å². The van der Waals surface area contributed by atoms with Crippen LogP contribution in [0.3, 0.4) is 0 Å². The number of nitrogens with one attached hydrogen (secondary N) is 2. The fourth-order valence-corrected chi connectivity index (χ4v) is 3.22. The molecule has 0 aliphatic heterocycles. The summed E-state index contributed by atoms with van der Waals surface area (Å²) in [6.45, 7) is 7.85. The van der Waals surface area contributed by atoms with E-state index in [1.165, 1.54) is 18.2 Å². The first-order valence-electron chi connectivity index (χ1n) is 11.6. The second-order valence-corrected chi connectivity index (χ2v) is 8.21. The number of pyridine rings is 1. The zero-order chi connectivity index (χ0) is 26.0. The fraction of sp³-hybridized carbons (Fsp3) is 0.423. The molecule has 190 valence electrons. The Morgan fingerprint density at radius 3 is 2.43 bits per heavy atom. The van der Waals surface area contributed by atoms with E-state index >= 15 is 0 Å². The largest absolute Gasteiger partial charge is 0.489 e. The maximum atomic E-state index is 12.9. The molecule has 0 atom stereocenters. The number of carbonyl (C=O) groups excluding carboxylic acids is 1. The minimum atomic E-state index is -3.25. The van der Waals surface area contributed by atoms with E-state index in [1.54, 1.807) is 24.4 Å². The van der Waals surface area contributed by atoms with Gasteiger partial charge in [0.15, 0.2) is 5.78 Å². The van der Waals surface area contributed by atoms with Gasteiger partial charge in [-0.05, 0) is 49.2 Å². The number of ketones is 1. The molecule has 1 aliphatic rings. The number of aromatic nitrogens is 1. The molecule has 1 saturated carbocycles. The molecule has 0 amide bonds. The van der Waals surface area contributed by atoms with Crippen LogP contribution in [0.25, 0.3) is 0 Å². The predicted molar refractivity (Wildman–Crippen MR) is 132 cm³/mol. The third-order valence-electron chi connectivity index (χ3n) is 5.07. The quantitative estimate of drug-likeness (QED) is 0.263. The fourth-order valence-electron chi connectivity index (χ4n) is 3.22. The lowest BCUT2D eigenvalue weighted by atomic mass is 9.92. The minimum absolute atomic E-state index is 0.0492. The molecule has 3 N–H and O–H groups in total. The van der Waals surface area contributed by atoms with Crippen molar-refractivity contribution in [2.75, 3.05) is 5.32 Å². The molecule has 0 saturated heterocycles. The Bertz CT molecular complexity index is 1000. The first-order valence-corrected chi connectivity index (χ1v) is 11.6. The van der Waals surface area contributed by atoms with Gasteiger partial charge in [-0.15, -0.1) is 0 Å². The molecule has 1 heterocycles. The molecule has 9 heteroatoms. The van der Waals surface area contributed by atoms with Crippen molar-refractivity contribution in [3.8, 4) is 11.5 Å². The average Bonchev–Trinajstić information content (AvgIpc) is 2.78. The van der Waals surface area contributed by atoms with E-state index in [2.05, 4.69) is 21.6 Å². The van der Waals surface area contributed by atoms with Gasteiger partial charge in [0, 0.05) is 43.8 Å². The van der Waals surface area contributed by atoms with Crippen molar-refractivity contribution in [3.05, 3.63) is 54.7 Å². The Morgan fingerprint density at radius 1 is 1.29 bits per heavy atom. The molecule has 0 unspecified atom stereocenters. The zero-order valence-electron chi connectivity index (χ0n) is 20.3. The van der Waals surface area contributed by atoms with Gasteiger partial charge in [-0.1, -0.05) is 20.4 Å². The van der Waals surface area contributed by atoms with Crippen LogP contribution < -0.4 is 14.8 Å². The summed E-state index contributed by atoms with van der Waals surface area (Å²) in [5.41, 5.74) is 1.52. The monoisotopic (exact) mass is 489 g/mol. The number of hydrogen-bond acceptors (Lipinski definition) is 7. The highest BCUT2D eigenvalue weighted by atomic mass is 19.3. The van der Waals surface area contributed by atoms with Gasteiger partial charge in [0.05, 0.1) is 11.7 Å². The highest BCUT2D eigenvalue weighted by Gasteiger charge is 2.30. The highest BCUT2D eigenvalue weighted by molar-refractivity contribution is 6.05. The van der Waals surface area contributed by atoms with Gasteiger partial charge in [0.2, 0.25) is 0 Å². The van der Waals surface area contributed by atoms with E-state index in [1.807, 2.05) is 13.8 Å². The summed E-state index contributed by atoms with van der Waals surface area (Å²) >= 11 is 0. The molecular formula is C26H33F2N3O4. The molecule has 3 rings (SSSR count). The topological polar surface area (TPSA) is 105 Å². The molecule has 0 bridgehead atoms. The van der Waals surface area contributed by atoms with Crippen LogP contribution in [-0.4, -0.2) is 39.9 Å². The first kappa shape index (κ1) is 27.9. The maximum absolute atomic E-state index is 12.9. The molecule has 0 spiro atoms. The van der Waals surface area contributed by atoms with Crippen molar-refractivity contribution in [2.45, 2.75) is 71.2 Å². The molecule has 2 aromatic rings. The Hall–Kier alpha value is -3.33. The maximum Gasteiger partial charge on any atom is 0.394 e. The van der Waals surface area contributed by atoms with E-state index in [0.29, 0.717) is 61.1 Å². The number of halogens is 2. The van der Waals surface area contributed by atoms with Gasteiger partial charge in [0.1, 0.15) is 23.4 Å². The van der Waals surface area contributed by atoms with E-state index in [0.717, 1.165) is 6.42 Å². The summed E-state index contributed by atoms with van der Waals surface area (Å²) in [6, 6.07) is 7.76. The lowest BCUT2D eigenvalue weighted by Gasteiger charge is -2.32. The number of allylic oxidation sites excluding steroid dienone is 1. The third kappa shape index (κ3) is 9.09. The van der Waals surface area contributed by atoms with Crippen LogP contribution >= 0.6 is 0 Å². The first-order chi connectivity index (χ1) is 16.6. The molecule has 1 aromatic carbocycles. The van der Waals surface area contributed by atoms with Crippen LogP contribution in [0.4, 0.5) is 20.3 Å². The predicted octanol–water partition coefficient (Wildman–Crippen LogP) is 6.04. The second-order valence-electron chi connectivity index (χ2n) is 8.21. The zero-order valence-corrected chi connectivity index (χ0v) is 20.3. The summed E-state index contributed by atoms with van der Waals surface area (Å²) in [4.78, 5) is 14.6. The number of anilines is 2. The summed E-state index contributed by atoms with van der Waals surface area (Å²) in [5.74, 6) is 1.17. The van der Waals surface area contributed by atoms with Crippen molar-refractivity contribution >= 4 is 23.0 Å². The summed E-state index contributed by atoms with van der Waals surface area (Å²) in [5, 5.41) is 20.9. The molecule has 1 aliphatic carbocycles. The lowest BCUT2D eigenvalue weighted by Crippen LogP contribution is -2.37. The number of carbonyl (C=O) groups is 1. The normalized spacial score (nSPS) is 16.7. The van der Waals surface area contributed by atoms with E-state index in [4.69, 9.17) is 10.1 Å². The van der Waals surface area contributed by atoms with Gasteiger partial charge in [-0.2, -0.15) is 8.78 Å². The number of aliphatic hydroxyl groups is 1. The molecular weight excluding hydrogens is 456 g/mol. The Kier molecular flexibility index (Phi) is 10.3. The van der Waals surface area contributed by atoms with Crippen molar-refractivity contribution in [1.29, 1.82) is 5.41 Å². The van der Waals surface area contributed by atoms with E-state index in [-0.39, 0.29) is 23.7 Å². The van der Waals surface area contributed by atoms with Gasteiger partial charge in [-0.3, -0.25) is 4.79 Å². The molecule has 1 fully saturated rings. The highest BCUT2D eigenvalue weighted by Crippen LogP contribution is 2.33. The van der Waals surface area contributed by atoms with Crippen molar-refractivity contribution < 1.29 is 28.2 Å². The average molecular weight is 490 g/mol. The van der Waals surface area contributed by atoms with Gasteiger partial charge in [0.25, 0.3) is 0 Å². The van der Waals surface area contributed by atoms with Crippen LogP contribution in [0.15, 0.2) is 49.2 Å². The number of hydrogen-bond donors (Lipinski definition) is 3. The molecule has 1 aromatic heterocycles. The third-order valence-corrected chi connectivity index (χ3v) is 5.07. The SMILES string of the molecule is C=CC(=O)CCC.CCC(=N)c1c(OC2CC(O)C2)ccnc1Nc1ccc(OC(C)(F)F)cc1. The molecule has 7 nitrogen and oxygen atoms in total. The van der Waals surface area contributed by atoms with Gasteiger partial charge in [-0.25, -0.2) is 4.98 Å². The van der Waals surface area contributed by atoms with E-state index < -0.39 is 6.11 Å².